The van der Waals surface area contributed by atoms with Gasteiger partial charge >= 0.3 is 199 Å². The molecule has 0 aliphatic rings. The minimum atomic E-state index is -5.25. The molecule has 0 atom stereocenters. The molecule has 0 spiro atoms. The molecular formula is H10Cr4KNaO16. The maximum absolute atomic E-state index is 8.82. The van der Waals surface area contributed by atoms with E-state index in [-0.39, 0.29) is 83.8 Å². The average Bonchev–Trinajstić information content (AvgIpc) is 1.62. The van der Waals surface area contributed by atoms with Crippen molar-refractivity contribution in [2.75, 3.05) is 0 Å². The summed E-state index contributed by atoms with van der Waals surface area (Å²) in [5.74, 6) is 0. The van der Waals surface area contributed by atoms with E-state index in [4.69, 9.17) is 63.7 Å². The van der Waals surface area contributed by atoms with Gasteiger partial charge in [0.1, 0.15) is 0 Å². The Morgan fingerprint density at radius 3 is 0.409 bits per heavy atom. The van der Waals surface area contributed by atoms with Gasteiger partial charge in [-0.05, 0) is 0 Å². The molecule has 22 heavy (non-hydrogen) atoms. The van der Waals surface area contributed by atoms with Crippen LogP contribution in [-0.4, -0.2) is 33.3 Å². The van der Waals surface area contributed by atoms with E-state index in [9.17, 15) is 0 Å². The number of hydrogen-bond acceptors (Lipinski definition) is 8. The van der Waals surface area contributed by atoms with E-state index >= 15 is 0 Å². The minimum absolute atomic E-state index is 0. The van der Waals surface area contributed by atoms with Gasteiger partial charge in [0.25, 0.3) is 0 Å². The van der Waals surface area contributed by atoms with Crippen LogP contribution in [-0.2, 0) is 84.9 Å². The van der Waals surface area contributed by atoms with E-state index in [1.54, 1.807) is 0 Å². The number of rotatable bonds is 0. The molecule has 16 nitrogen and oxygen atoms in total. The van der Waals surface area contributed by atoms with E-state index in [1.807, 2.05) is 0 Å². The Labute approximate surface area is 198 Å². The van der Waals surface area contributed by atoms with Crippen molar-refractivity contribution in [2.24, 2.45) is 0 Å². The molecule has 0 radical (unpaired) electrons. The van der Waals surface area contributed by atoms with E-state index < -0.39 is 54.5 Å². The third-order valence-electron chi connectivity index (χ3n) is 0. The van der Waals surface area contributed by atoms with Gasteiger partial charge < -0.3 is 2.85 Å². The summed E-state index contributed by atoms with van der Waals surface area (Å²) in [7, 11) is 0. The van der Waals surface area contributed by atoms with E-state index in [0.29, 0.717) is 0 Å². The first-order valence-electron chi connectivity index (χ1n) is 2.79. The summed E-state index contributed by atoms with van der Waals surface area (Å²) in [6.07, 6.45) is 0. The summed E-state index contributed by atoms with van der Waals surface area (Å²) in [4.78, 5) is 0. The van der Waals surface area contributed by atoms with Crippen LogP contribution in [0.4, 0.5) is 0 Å². The summed E-state index contributed by atoms with van der Waals surface area (Å²) in [6.45, 7) is 0. The van der Waals surface area contributed by atoms with Gasteiger partial charge in [-0.25, -0.2) is 0 Å². The molecule has 8 N–H and O–H groups in total. The monoisotopic (exact) mass is 536 g/mol. The Morgan fingerprint density at radius 2 is 0.409 bits per heavy atom. The standard InChI is InChI=1S/4Cr.K.Na.8H2O.8O.2H/h;;;;;;8*1H2;;;;;;;;;;/q4*+2;2*+1;;;;;;;;;;;;;;;;;2*-1/p-8. The Morgan fingerprint density at radius 1 is 0.409 bits per heavy atom. The molecule has 0 saturated carbocycles. The van der Waals surface area contributed by atoms with Gasteiger partial charge in [0, 0.05) is 0 Å². The van der Waals surface area contributed by atoms with Crippen LogP contribution in [0.5, 0.6) is 0 Å². The topological polar surface area (TPSA) is 298 Å². The molecule has 132 valence electrons. The molecule has 0 aliphatic carbocycles. The summed E-state index contributed by atoms with van der Waals surface area (Å²) < 4.78 is 128. The summed E-state index contributed by atoms with van der Waals surface area (Å²) in [6, 6.07) is 0. The van der Waals surface area contributed by atoms with Gasteiger partial charge in [-0.15, -0.1) is 0 Å². The van der Waals surface area contributed by atoms with Crippen LogP contribution in [0.2, 0.25) is 0 Å². The fourth-order valence-electron chi connectivity index (χ4n) is 0. The zero-order valence-electron chi connectivity index (χ0n) is 12.5. The quantitative estimate of drug-likeness (QED) is 0.133. The Bertz CT molecular complexity index is 489. The van der Waals surface area contributed by atoms with Crippen LogP contribution in [0.1, 0.15) is 2.85 Å². The fourth-order valence-corrected chi connectivity index (χ4v) is 0. The number of hydrogen-bond donors (Lipinski definition) is 8. The van der Waals surface area contributed by atoms with Crippen LogP contribution in [0, 0.1) is 0 Å². The van der Waals surface area contributed by atoms with Gasteiger partial charge in [0.15, 0.2) is 0 Å². The van der Waals surface area contributed by atoms with E-state index in [1.165, 1.54) is 0 Å². The van der Waals surface area contributed by atoms with Gasteiger partial charge in [0.2, 0.25) is 0 Å². The van der Waals surface area contributed by atoms with Crippen LogP contribution >= 0.6 is 0 Å². The second-order valence-corrected chi connectivity index (χ2v) is 7.39. The predicted octanol–water partition coefficient (Wildman–Crippen LogP) is -11.2. The molecule has 0 amide bonds. The summed E-state index contributed by atoms with van der Waals surface area (Å²) >= 11 is -21.0. The SMILES string of the molecule is [H-].[H-].[K+].[Na+].[O]=[Cr](=[O])([OH])[OH].[O]=[Cr](=[O])([OH])[OH].[O]=[Cr](=[O])([OH])[OH].[O]=[Cr](=[O])([OH])[OH]. The molecule has 0 aromatic rings. The molecule has 0 unspecified atom stereocenters. The molecule has 0 heterocycles. The van der Waals surface area contributed by atoms with Crippen molar-refractivity contribution in [1.29, 1.82) is 0 Å². The maximum atomic E-state index is 8.82. The molecule has 0 aromatic heterocycles. The predicted molar refractivity (Wildman–Crippen MR) is 25.5 cm³/mol. The molecule has 0 aliphatic heterocycles. The van der Waals surface area contributed by atoms with Crippen molar-refractivity contribution in [3.05, 3.63) is 0 Å². The summed E-state index contributed by atoms with van der Waals surface area (Å²) in [5, 5.41) is 0. The van der Waals surface area contributed by atoms with Crippen LogP contribution in [0.15, 0.2) is 0 Å². The molecule has 0 rings (SSSR count). The Hall–Kier alpha value is 2.85. The van der Waals surface area contributed by atoms with Gasteiger partial charge in [-0.3, -0.25) is 0 Å². The zero-order valence-corrected chi connectivity index (χ0v) is 20.7. The van der Waals surface area contributed by atoms with Crippen molar-refractivity contribution in [3.63, 3.8) is 0 Å². The fraction of sp³-hybridized carbons (Fsp3) is 0. The van der Waals surface area contributed by atoms with Gasteiger partial charge in [-0.1, -0.05) is 0 Å². The van der Waals surface area contributed by atoms with Crippen molar-refractivity contribution >= 4 is 0 Å². The Balaban J connectivity index is -0.0000000225. The third kappa shape index (κ3) is 1350. The average molecular weight is 536 g/mol. The molecule has 0 bridgehead atoms. The second-order valence-electron chi connectivity index (χ2n) is 1.79. The molecule has 0 fully saturated rings. The first kappa shape index (κ1) is 39.8. The van der Waals surface area contributed by atoms with Crippen molar-refractivity contribution < 1.29 is 202 Å². The van der Waals surface area contributed by atoms with Gasteiger partial charge in [0.05, 0.1) is 0 Å². The van der Waals surface area contributed by atoms with E-state index in [2.05, 4.69) is 0 Å². The van der Waals surface area contributed by atoms with Crippen LogP contribution in [0.25, 0.3) is 0 Å². The first-order valence-corrected chi connectivity index (χ1v) is 11.5. The van der Waals surface area contributed by atoms with E-state index in [0.717, 1.165) is 0 Å². The van der Waals surface area contributed by atoms with Crippen LogP contribution < -0.4 is 80.9 Å². The Kier molecular flexibility index (Phi) is 31.2. The molecule has 0 aromatic carbocycles. The zero-order chi connectivity index (χ0) is 18.0. The second kappa shape index (κ2) is 17.3. The molecule has 22 heteroatoms. The van der Waals surface area contributed by atoms with Gasteiger partial charge in [-0.2, -0.15) is 0 Å². The molecular weight excluding hydrogens is 526 g/mol. The van der Waals surface area contributed by atoms with Crippen molar-refractivity contribution in [1.82, 2.24) is 0 Å². The van der Waals surface area contributed by atoms with Crippen LogP contribution in [0.3, 0.4) is 0 Å². The third-order valence-corrected chi connectivity index (χ3v) is 0. The first-order chi connectivity index (χ1) is 8.00. The van der Waals surface area contributed by atoms with Crippen molar-refractivity contribution in [3.8, 4) is 0 Å². The summed E-state index contributed by atoms with van der Waals surface area (Å²) in [5.41, 5.74) is 0. The van der Waals surface area contributed by atoms with Crippen molar-refractivity contribution in [2.45, 2.75) is 0 Å². The molecule has 0 saturated heterocycles. The normalized spacial score (nSPS) is 10.5.